The molecule has 0 bridgehead atoms. The Hall–Kier alpha value is -2.01. The van der Waals surface area contributed by atoms with Gasteiger partial charge in [-0.25, -0.2) is 4.79 Å². The normalized spacial score (nSPS) is 12.6. The van der Waals surface area contributed by atoms with Gasteiger partial charge in [-0.15, -0.1) is 0 Å². The number of anilines is 1. The molecule has 1 aromatic carbocycles. The number of carbonyl (C=O) groups is 1. The molecule has 0 amide bonds. The van der Waals surface area contributed by atoms with Crippen LogP contribution in [0.25, 0.3) is 10.9 Å². The van der Waals surface area contributed by atoms with Crippen molar-refractivity contribution in [3.8, 4) is 0 Å². The lowest BCUT2D eigenvalue weighted by Crippen LogP contribution is -2.33. The number of hydrogen-bond donors (Lipinski definition) is 3. The Morgan fingerprint density at radius 3 is 2.52 bits per heavy atom. The van der Waals surface area contributed by atoms with E-state index in [9.17, 15) is 4.79 Å². The van der Waals surface area contributed by atoms with Crippen molar-refractivity contribution in [3.63, 3.8) is 0 Å². The Kier molecular flexibility index (Phi) is 4.71. The van der Waals surface area contributed by atoms with Crippen LogP contribution in [0.5, 0.6) is 0 Å². The quantitative estimate of drug-likeness (QED) is 0.744. The maximum atomic E-state index is 11.0. The molecule has 0 aliphatic heterocycles. The third kappa shape index (κ3) is 4.99. The van der Waals surface area contributed by atoms with Crippen molar-refractivity contribution in [1.29, 1.82) is 0 Å². The topological polar surface area (TPSA) is 74.3 Å². The molecule has 0 aliphatic carbocycles. The first-order valence-electron chi connectivity index (χ1n) is 7.84. The van der Waals surface area contributed by atoms with Crippen LogP contribution < -0.4 is 5.32 Å². The average molecular weight is 318 g/mol. The highest BCUT2D eigenvalue weighted by Crippen LogP contribution is 2.24. The van der Waals surface area contributed by atoms with E-state index in [-0.39, 0.29) is 16.8 Å². The van der Waals surface area contributed by atoms with Gasteiger partial charge in [0.15, 0.2) is 0 Å². The van der Waals surface area contributed by atoms with E-state index >= 15 is 0 Å². The molecule has 126 valence electrons. The van der Waals surface area contributed by atoms with E-state index in [1.807, 2.05) is 39.0 Å². The number of aromatic nitrogens is 1. The molecule has 0 radical (unpaired) electrons. The lowest BCUT2D eigenvalue weighted by Gasteiger charge is -2.29. The summed E-state index contributed by atoms with van der Waals surface area (Å²) in [6.07, 6.45) is 0.871. The highest BCUT2D eigenvalue weighted by atomic mass is 16.5. The molecule has 0 saturated heterocycles. The van der Waals surface area contributed by atoms with Crippen LogP contribution in [0, 0.1) is 0 Å². The third-order valence-corrected chi connectivity index (χ3v) is 3.60. The van der Waals surface area contributed by atoms with E-state index in [2.05, 4.69) is 24.1 Å². The number of carboxylic acids is 1. The number of aromatic carboxylic acids is 1. The van der Waals surface area contributed by atoms with Crippen molar-refractivity contribution in [1.82, 2.24) is 4.98 Å². The van der Waals surface area contributed by atoms with Gasteiger partial charge in [-0.2, -0.15) is 0 Å². The Labute approximate surface area is 137 Å². The Morgan fingerprint density at radius 2 is 1.91 bits per heavy atom. The minimum atomic E-state index is -0.949. The standard InChI is InChI=1S/C18H26N2O3/c1-17(2,3)23-9-8-18(4,5)20-13-6-7-14-12(10-13)11-15(19-14)16(21)22/h6-7,10-11,19-20H,8-9H2,1-5H3,(H,21,22). The average Bonchev–Trinajstić information content (AvgIpc) is 2.79. The smallest absolute Gasteiger partial charge is 0.352 e. The van der Waals surface area contributed by atoms with Crippen LogP contribution in [-0.2, 0) is 4.74 Å². The van der Waals surface area contributed by atoms with Crippen molar-refractivity contribution in [2.45, 2.75) is 52.2 Å². The molecule has 23 heavy (non-hydrogen) atoms. The highest BCUT2D eigenvalue weighted by Gasteiger charge is 2.19. The van der Waals surface area contributed by atoms with Crippen molar-refractivity contribution < 1.29 is 14.6 Å². The molecule has 0 aliphatic rings. The summed E-state index contributed by atoms with van der Waals surface area (Å²) in [6, 6.07) is 7.46. The molecular formula is C18H26N2O3. The fraction of sp³-hybridized carbons (Fsp3) is 0.500. The third-order valence-electron chi connectivity index (χ3n) is 3.60. The van der Waals surface area contributed by atoms with Crippen molar-refractivity contribution >= 4 is 22.6 Å². The number of carboxylic acid groups (broad SMARTS) is 1. The molecule has 3 N–H and O–H groups in total. The first-order valence-corrected chi connectivity index (χ1v) is 7.84. The molecule has 5 nitrogen and oxygen atoms in total. The molecule has 0 spiro atoms. The van der Waals surface area contributed by atoms with Crippen LogP contribution >= 0.6 is 0 Å². The molecule has 0 unspecified atom stereocenters. The van der Waals surface area contributed by atoms with Gasteiger partial charge in [0.05, 0.1) is 5.60 Å². The zero-order chi connectivity index (χ0) is 17.3. The van der Waals surface area contributed by atoms with Crippen molar-refractivity contribution in [3.05, 3.63) is 30.0 Å². The predicted molar refractivity (Wildman–Crippen MR) is 93.3 cm³/mol. The van der Waals surface area contributed by atoms with Gasteiger partial charge >= 0.3 is 5.97 Å². The molecule has 5 heteroatoms. The van der Waals surface area contributed by atoms with Gasteiger partial charge in [-0.1, -0.05) is 0 Å². The summed E-state index contributed by atoms with van der Waals surface area (Å²) in [5.41, 5.74) is 1.74. The van der Waals surface area contributed by atoms with Gasteiger partial charge < -0.3 is 20.1 Å². The number of H-pyrrole nitrogens is 1. The summed E-state index contributed by atoms with van der Waals surface area (Å²) in [5, 5.41) is 13.4. The van der Waals surface area contributed by atoms with Gasteiger partial charge in [0.25, 0.3) is 0 Å². The maximum absolute atomic E-state index is 11.0. The first-order chi connectivity index (χ1) is 10.6. The molecule has 0 saturated carbocycles. The van der Waals surface area contributed by atoms with Crippen LogP contribution in [0.15, 0.2) is 24.3 Å². The van der Waals surface area contributed by atoms with Crippen molar-refractivity contribution in [2.24, 2.45) is 0 Å². The summed E-state index contributed by atoms with van der Waals surface area (Å²) >= 11 is 0. The number of rotatable bonds is 6. The largest absolute Gasteiger partial charge is 0.477 e. The first kappa shape index (κ1) is 17.3. The van der Waals surface area contributed by atoms with Gasteiger partial charge in [0.2, 0.25) is 0 Å². The molecule has 0 atom stereocenters. The maximum Gasteiger partial charge on any atom is 0.352 e. The minimum Gasteiger partial charge on any atom is -0.477 e. The monoisotopic (exact) mass is 318 g/mol. The van der Waals surface area contributed by atoms with Gasteiger partial charge in [-0.3, -0.25) is 0 Å². The van der Waals surface area contributed by atoms with Gasteiger partial charge in [-0.05, 0) is 65.3 Å². The van der Waals surface area contributed by atoms with Crippen molar-refractivity contribution in [2.75, 3.05) is 11.9 Å². The summed E-state index contributed by atoms with van der Waals surface area (Å²) < 4.78 is 5.79. The molecule has 0 fully saturated rings. The molecular weight excluding hydrogens is 292 g/mol. The molecule has 1 heterocycles. The number of benzene rings is 1. The van der Waals surface area contributed by atoms with E-state index in [0.29, 0.717) is 6.61 Å². The molecule has 2 rings (SSSR count). The second kappa shape index (κ2) is 6.24. The number of hydrogen-bond acceptors (Lipinski definition) is 3. The van der Waals surface area contributed by atoms with Crippen LogP contribution in [-0.4, -0.2) is 33.8 Å². The summed E-state index contributed by atoms with van der Waals surface area (Å²) in [4.78, 5) is 13.9. The molecule has 2 aromatic rings. The van der Waals surface area contributed by atoms with E-state index in [4.69, 9.17) is 9.84 Å². The van der Waals surface area contributed by atoms with Gasteiger partial charge in [0.1, 0.15) is 5.69 Å². The second-order valence-corrected chi connectivity index (χ2v) is 7.51. The van der Waals surface area contributed by atoms with Crippen LogP contribution in [0.3, 0.4) is 0 Å². The zero-order valence-corrected chi connectivity index (χ0v) is 14.5. The van der Waals surface area contributed by atoms with E-state index in [0.717, 1.165) is 23.0 Å². The highest BCUT2D eigenvalue weighted by molar-refractivity contribution is 5.94. The SMILES string of the molecule is CC(C)(CCOC(C)(C)C)Nc1ccc2[nH]c(C(=O)O)cc2c1. The molecule has 1 aromatic heterocycles. The second-order valence-electron chi connectivity index (χ2n) is 7.51. The number of ether oxygens (including phenoxy) is 1. The van der Waals surface area contributed by atoms with Crippen LogP contribution in [0.2, 0.25) is 0 Å². The zero-order valence-electron chi connectivity index (χ0n) is 14.5. The Balaban J connectivity index is 2.06. The van der Waals surface area contributed by atoms with E-state index in [1.54, 1.807) is 6.07 Å². The predicted octanol–water partition coefficient (Wildman–Crippen LogP) is 4.26. The van der Waals surface area contributed by atoms with E-state index < -0.39 is 5.97 Å². The lowest BCUT2D eigenvalue weighted by molar-refractivity contribution is -0.00846. The Morgan fingerprint density at radius 1 is 1.22 bits per heavy atom. The number of nitrogens with one attached hydrogen (secondary N) is 2. The fourth-order valence-corrected chi connectivity index (χ4v) is 2.39. The fourth-order valence-electron chi connectivity index (χ4n) is 2.39. The Bertz CT molecular complexity index is 696. The lowest BCUT2D eigenvalue weighted by atomic mass is 10.0. The van der Waals surface area contributed by atoms with E-state index in [1.165, 1.54) is 0 Å². The number of aromatic amines is 1. The number of fused-ring (bicyclic) bond motifs is 1. The van der Waals surface area contributed by atoms with Crippen LogP contribution in [0.4, 0.5) is 5.69 Å². The minimum absolute atomic E-state index is 0.120. The van der Waals surface area contributed by atoms with Gasteiger partial charge in [0, 0.05) is 28.7 Å². The summed E-state index contributed by atoms with van der Waals surface area (Å²) in [5.74, 6) is -0.949. The van der Waals surface area contributed by atoms with Crippen LogP contribution in [0.1, 0.15) is 51.5 Å². The summed E-state index contributed by atoms with van der Waals surface area (Å²) in [7, 11) is 0. The summed E-state index contributed by atoms with van der Waals surface area (Å²) in [6.45, 7) is 11.1.